The molecule has 1 aliphatic heterocycles. The van der Waals surface area contributed by atoms with E-state index in [1.807, 2.05) is 12.1 Å². The second-order valence-corrected chi connectivity index (χ2v) is 11.1. The lowest BCUT2D eigenvalue weighted by Crippen LogP contribution is -2.46. The fourth-order valence-corrected chi connectivity index (χ4v) is 6.02. The number of hydrogen-bond acceptors (Lipinski definition) is 5. The molecule has 1 fully saturated rings. The number of nitrogens with zero attached hydrogens (tertiary/aromatic N) is 3. The normalized spacial score (nSPS) is 18.3. The average Bonchev–Trinajstić information content (AvgIpc) is 3.63. The summed E-state index contributed by atoms with van der Waals surface area (Å²) in [6.45, 7) is 2.06. The summed E-state index contributed by atoms with van der Waals surface area (Å²) in [5, 5.41) is 9.65. The van der Waals surface area contributed by atoms with Crippen LogP contribution in [-0.4, -0.2) is 47.0 Å². The van der Waals surface area contributed by atoms with Crippen molar-refractivity contribution in [2.45, 2.75) is 37.6 Å². The smallest absolute Gasteiger partial charge is 0.256 e. The topological polar surface area (TPSA) is 141 Å². The van der Waals surface area contributed by atoms with Crippen molar-refractivity contribution < 1.29 is 14.0 Å². The lowest BCUT2D eigenvalue weighted by Gasteiger charge is -2.36. The summed E-state index contributed by atoms with van der Waals surface area (Å²) >= 11 is 13.1. The van der Waals surface area contributed by atoms with Gasteiger partial charge in [0.15, 0.2) is 0 Å². The van der Waals surface area contributed by atoms with E-state index in [1.54, 1.807) is 31.0 Å². The lowest BCUT2D eigenvalue weighted by molar-refractivity contribution is -0.120. The molecule has 210 valence electrons. The van der Waals surface area contributed by atoms with Gasteiger partial charge in [-0.1, -0.05) is 23.2 Å². The minimum atomic E-state index is -0.721. The fraction of sp³-hybridized carbons (Fsp3) is 0.267. The van der Waals surface area contributed by atoms with E-state index in [-0.39, 0.29) is 28.7 Å². The van der Waals surface area contributed by atoms with Crippen LogP contribution in [0.4, 0.5) is 4.39 Å². The Balaban J connectivity index is 1.47. The van der Waals surface area contributed by atoms with Crippen LogP contribution in [0.25, 0.3) is 11.1 Å². The van der Waals surface area contributed by atoms with E-state index < -0.39 is 23.2 Å². The second kappa shape index (κ2) is 10.7. The van der Waals surface area contributed by atoms with Crippen LogP contribution in [0.5, 0.6) is 0 Å². The van der Waals surface area contributed by atoms with Gasteiger partial charge in [0.2, 0.25) is 5.91 Å². The zero-order valence-corrected chi connectivity index (χ0v) is 23.9. The van der Waals surface area contributed by atoms with Crippen molar-refractivity contribution in [3.63, 3.8) is 0 Å². The van der Waals surface area contributed by atoms with Crippen LogP contribution in [0, 0.1) is 17.1 Å². The largest absolute Gasteiger partial charge is 0.400 e. The van der Waals surface area contributed by atoms with Crippen molar-refractivity contribution in [3.8, 4) is 17.2 Å². The molecule has 2 heterocycles. The zero-order chi connectivity index (χ0) is 29.6. The summed E-state index contributed by atoms with van der Waals surface area (Å²) < 4.78 is 14.7. The quantitative estimate of drug-likeness (QED) is 0.343. The highest BCUT2D eigenvalue weighted by molar-refractivity contribution is 6.36. The highest BCUT2D eigenvalue weighted by Gasteiger charge is 2.50. The van der Waals surface area contributed by atoms with E-state index in [1.165, 1.54) is 18.3 Å². The maximum absolute atomic E-state index is 14.7. The predicted molar refractivity (Wildman–Crippen MR) is 156 cm³/mol. The van der Waals surface area contributed by atoms with Crippen molar-refractivity contribution >= 4 is 40.7 Å². The summed E-state index contributed by atoms with van der Waals surface area (Å²) in [6, 6.07) is 10.7. The number of carbonyl (C=O) groups excluding carboxylic acids is 2. The van der Waals surface area contributed by atoms with Gasteiger partial charge in [0, 0.05) is 52.8 Å². The number of H-pyrrole nitrogens is 1. The number of halogens is 3. The Morgan fingerprint density at radius 3 is 2.54 bits per heavy atom. The molecule has 0 unspecified atom stereocenters. The molecule has 41 heavy (non-hydrogen) atoms. The Labute approximate surface area is 246 Å². The SMILES string of the molecule is CN=C(C1=C(N)[C@H](C)N(C(=O)c2cc(F)cc(-c3c[nH]c(C#N)c3)c2Cl)CC1)c1cc(Cl)cc(C2(C(N)=O)CC2)c1. The van der Waals surface area contributed by atoms with Gasteiger partial charge in [-0.15, -0.1) is 0 Å². The van der Waals surface area contributed by atoms with E-state index in [9.17, 15) is 14.0 Å². The summed E-state index contributed by atoms with van der Waals surface area (Å²) in [7, 11) is 1.64. The Kier molecular flexibility index (Phi) is 7.41. The third kappa shape index (κ3) is 4.98. The first-order valence-corrected chi connectivity index (χ1v) is 13.7. The highest BCUT2D eigenvalue weighted by atomic mass is 35.5. The molecule has 1 saturated carbocycles. The van der Waals surface area contributed by atoms with Gasteiger partial charge in [-0.25, -0.2) is 4.39 Å². The summed E-state index contributed by atoms with van der Waals surface area (Å²) in [4.78, 5) is 34.7. The standard InChI is InChI=1S/C30H27Cl2FN6O2/c1-15-26(35)22(27(37-2)16-7-18(10-19(31)8-16)30(4-5-30)29(36)41)3-6-39(15)28(40)24-12-20(33)11-23(25(24)32)17-9-21(13-34)38-14-17/h7-12,14-15,38H,3-6,35H2,1-2H3,(H2,36,41)/t15-/m0/s1. The molecule has 0 radical (unpaired) electrons. The van der Waals surface area contributed by atoms with Crippen LogP contribution >= 0.6 is 23.2 Å². The van der Waals surface area contributed by atoms with Crippen LogP contribution in [0.3, 0.4) is 0 Å². The van der Waals surface area contributed by atoms with Crippen LogP contribution in [-0.2, 0) is 10.2 Å². The number of amides is 2. The molecule has 8 nitrogen and oxygen atoms in total. The van der Waals surface area contributed by atoms with Gasteiger partial charge < -0.3 is 21.4 Å². The summed E-state index contributed by atoms with van der Waals surface area (Å²) in [5.74, 6) is -1.50. The number of aromatic amines is 1. The van der Waals surface area contributed by atoms with Gasteiger partial charge in [0.05, 0.1) is 27.8 Å². The maximum Gasteiger partial charge on any atom is 0.256 e. The number of aliphatic imine (C=N–C) groups is 1. The van der Waals surface area contributed by atoms with Crippen LogP contribution < -0.4 is 11.5 Å². The molecule has 1 aliphatic carbocycles. The number of rotatable bonds is 6. The first kappa shape index (κ1) is 28.4. The van der Waals surface area contributed by atoms with Gasteiger partial charge in [-0.2, -0.15) is 5.26 Å². The third-order valence-corrected chi connectivity index (χ3v) is 8.59. The van der Waals surface area contributed by atoms with E-state index in [4.69, 9.17) is 39.9 Å². The van der Waals surface area contributed by atoms with E-state index >= 15 is 0 Å². The molecule has 0 spiro atoms. The number of nitrogens with one attached hydrogen (secondary N) is 1. The molecular weight excluding hydrogens is 566 g/mol. The average molecular weight is 593 g/mol. The van der Waals surface area contributed by atoms with E-state index in [0.717, 1.165) is 17.2 Å². The zero-order valence-electron chi connectivity index (χ0n) is 22.4. The van der Waals surface area contributed by atoms with Crippen LogP contribution in [0.2, 0.25) is 10.0 Å². The molecule has 5 rings (SSSR count). The Morgan fingerprint density at radius 2 is 1.93 bits per heavy atom. The molecule has 0 bridgehead atoms. The Bertz CT molecular complexity index is 1700. The Hall–Kier alpha value is -4.13. The maximum atomic E-state index is 14.7. The molecule has 5 N–H and O–H groups in total. The number of aromatic nitrogens is 1. The number of primary amides is 1. The number of carbonyl (C=O) groups is 2. The van der Waals surface area contributed by atoms with Crippen LogP contribution in [0.1, 0.15) is 53.4 Å². The summed E-state index contributed by atoms with van der Waals surface area (Å²) in [6.07, 6.45) is 3.23. The van der Waals surface area contributed by atoms with Gasteiger partial charge in [-0.3, -0.25) is 14.6 Å². The summed E-state index contributed by atoms with van der Waals surface area (Å²) in [5.41, 5.74) is 15.9. The van der Waals surface area contributed by atoms with Gasteiger partial charge in [0.1, 0.15) is 17.6 Å². The Morgan fingerprint density at radius 1 is 1.20 bits per heavy atom. The second-order valence-electron chi connectivity index (χ2n) is 10.3. The van der Waals surface area contributed by atoms with Crippen molar-refractivity contribution in [2.24, 2.45) is 16.5 Å². The van der Waals surface area contributed by atoms with Crippen molar-refractivity contribution in [1.82, 2.24) is 9.88 Å². The molecule has 2 amide bonds. The molecule has 2 aromatic carbocycles. The minimum Gasteiger partial charge on any atom is -0.400 e. The third-order valence-electron chi connectivity index (χ3n) is 7.97. The first-order valence-electron chi connectivity index (χ1n) is 13.0. The minimum absolute atomic E-state index is 0.00507. The molecule has 3 aromatic rings. The molecule has 11 heteroatoms. The molecule has 1 atom stereocenters. The van der Waals surface area contributed by atoms with Crippen LogP contribution in [0.15, 0.2) is 58.9 Å². The van der Waals surface area contributed by atoms with Crippen molar-refractivity contribution in [3.05, 3.63) is 92.1 Å². The van der Waals surface area contributed by atoms with Crippen molar-refractivity contribution in [2.75, 3.05) is 13.6 Å². The predicted octanol–water partition coefficient (Wildman–Crippen LogP) is 5.08. The van der Waals surface area contributed by atoms with Gasteiger partial charge in [-0.05, 0) is 68.1 Å². The number of hydrogen-bond donors (Lipinski definition) is 3. The highest BCUT2D eigenvalue weighted by Crippen LogP contribution is 2.49. The number of nitrogens with two attached hydrogens (primary N) is 2. The fourth-order valence-electron chi connectivity index (χ4n) is 5.49. The van der Waals surface area contributed by atoms with E-state index in [2.05, 4.69) is 9.98 Å². The first-order chi connectivity index (χ1) is 19.5. The number of benzene rings is 2. The van der Waals surface area contributed by atoms with Gasteiger partial charge >= 0.3 is 0 Å². The monoisotopic (exact) mass is 592 g/mol. The van der Waals surface area contributed by atoms with Crippen molar-refractivity contribution in [1.29, 1.82) is 5.26 Å². The van der Waals surface area contributed by atoms with E-state index in [0.29, 0.717) is 52.4 Å². The number of nitriles is 1. The molecular formula is C30H27Cl2FN6O2. The molecule has 2 aliphatic rings. The lowest BCUT2D eigenvalue weighted by atomic mass is 9.88. The molecule has 0 saturated heterocycles. The molecule has 1 aromatic heterocycles. The van der Waals surface area contributed by atoms with Gasteiger partial charge in [0.25, 0.3) is 5.91 Å².